The van der Waals surface area contributed by atoms with Crippen LogP contribution in [0.2, 0.25) is 0 Å². The molecule has 0 saturated carbocycles. The summed E-state index contributed by atoms with van der Waals surface area (Å²) in [6, 6.07) is 3.24. The third-order valence-corrected chi connectivity index (χ3v) is 2.51. The molecule has 0 amide bonds. The van der Waals surface area contributed by atoms with Gasteiger partial charge in [0.15, 0.2) is 11.6 Å². The molecule has 0 aromatic heterocycles. The molecule has 1 atom stereocenters. The van der Waals surface area contributed by atoms with Crippen LogP contribution < -0.4 is 10.1 Å². The zero-order chi connectivity index (χ0) is 12.8. The fourth-order valence-electron chi connectivity index (χ4n) is 1.43. The van der Waals surface area contributed by atoms with Crippen molar-refractivity contribution in [3.63, 3.8) is 0 Å². The molecule has 1 aromatic rings. The first-order valence-corrected chi connectivity index (χ1v) is 5.87. The highest BCUT2D eigenvalue weighted by molar-refractivity contribution is 5.25. The predicted molar refractivity (Wildman–Crippen MR) is 64.2 cm³/mol. The van der Waals surface area contributed by atoms with Crippen molar-refractivity contribution in [2.45, 2.75) is 26.9 Å². The maximum Gasteiger partial charge on any atom is 0.165 e. The summed E-state index contributed by atoms with van der Waals surface area (Å²) in [6.07, 6.45) is -0.175. The van der Waals surface area contributed by atoms with Gasteiger partial charge in [0, 0.05) is 12.6 Å². The van der Waals surface area contributed by atoms with Gasteiger partial charge in [-0.3, -0.25) is 0 Å². The van der Waals surface area contributed by atoms with Crippen molar-refractivity contribution < 1.29 is 13.5 Å². The summed E-state index contributed by atoms with van der Waals surface area (Å²) in [5.74, 6) is -0.834. The quantitative estimate of drug-likeness (QED) is 0.829. The molecule has 0 radical (unpaired) electrons. The van der Waals surface area contributed by atoms with Crippen LogP contribution >= 0.6 is 0 Å². The molecule has 0 aliphatic heterocycles. The van der Waals surface area contributed by atoms with Crippen LogP contribution in [0, 0.1) is 17.6 Å². The molecule has 0 fully saturated rings. The van der Waals surface area contributed by atoms with E-state index in [1.54, 1.807) is 0 Å². The van der Waals surface area contributed by atoms with Crippen molar-refractivity contribution in [3.8, 4) is 5.75 Å². The summed E-state index contributed by atoms with van der Waals surface area (Å²) in [4.78, 5) is 0. The van der Waals surface area contributed by atoms with Crippen molar-refractivity contribution >= 4 is 0 Å². The van der Waals surface area contributed by atoms with Gasteiger partial charge in [0.2, 0.25) is 0 Å². The lowest BCUT2D eigenvalue weighted by Crippen LogP contribution is -2.35. The lowest BCUT2D eigenvalue weighted by Gasteiger charge is -2.23. The zero-order valence-electron chi connectivity index (χ0n) is 10.5. The molecule has 1 aromatic carbocycles. The van der Waals surface area contributed by atoms with Crippen molar-refractivity contribution in [1.82, 2.24) is 5.32 Å². The number of hydrogen-bond acceptors (Lipinski definition) is 2. The van der Waals surface area contributed by atoms with Gasteiger partial charge >= 0.3 is 0 Å². The number of hydrogen-bond donors (Lipinski definition) is 1. The Balaban J connectivity index is 2.74. The van der Waals surface area contributed by atoms with Gasteiger partial charge in [-0.1, -0.05) is 20.8 Å². The van der Waals surface area contributed by atoms with Crippen LogP contribution in [0.3, 0.4) is 0 Å². The molecule has 4 heteroatoms. The van der Waals surface area contributed by atoms with Gasteiger partial charge in [-0.25, -0.2) is 8.78 Å². The van der Waals surface area contributed by atoms with E-state index in [1.807, 2.05) is 20.8 Å². The first-order chi connectivity index (χ1) is 8.04. The van der Waals surface area contributed by atoms with Gasteiger partial charge in [-0.15, -0.1) is 0 Å². The first-order valence-electron chi connectivity index (χ1n) is 5.87. The van der Waals surface area contributed by atoms with Gasteiger partial charge in [0.25, 0.3) is 0 Å². The van der Waals surface area contributed by atoms with Crippen LogP contribution in [0.25, 0.3) is 0 Å². The molecule has 1 N–H and O–H groups in total. The fourth-order valence-corrected chi connectivity index (χ4v) is 1.43. The minimum Gasteiger partial charge on any atom is -0.486 e. The molecule has 2 nitrogen and oxygen atoms in total. The Kier molecular flexibility index (Phi) is 5.35. The highest BCUT2D eigenvalue weighted by Crippen LogP contribution is 2.21. The van der Waals surface area contributed by atoms with Gasteiger partial charge in [-0.2, -0.15) is 0 Å². The lowest BCUT2D eigenvalue weighted by molar-refractivity contribution is 0.143. The van der Waals surface area contributed by atoms with Crippen LogP contribution in [0.15, 0.2) is 18.2 Å². The van der Waals surface area contributed by atoms with Gasteiger partial charge in [-0.05, 0) is 24.6 Å². The van der Waals surface area contributed by atoms with Crippen molar-refractivity contribution in [2.75, 3.05) is 13.1 Å². The molecule has 96 valence electrons. The molecule has 0 spiro atoms. The average Bonchev–Trinajstić information content (AvgIpc) is 2.28. The topological polar surface area (TPSA) is 21.3 Å². The molecular formula is C13H19F2NO. The standard InChI is InChI=1S/C13H19F2NO/c1-4-16-8-13(9(2)3)17-12-7-10(14)5-6-11(12)15/h5-7,9,13,16H,4,8H2,1-3H3. The maximum absolute atomic E-state index is 13.4. The van der Waals surface area contributed by atoms with E-state index in [0.29, 0.717) is 6.54 Å². The summed E-state index contributed by atoms with van der Waals surface area (Å²) < 4.78 is 31.9. The Labute approximate surface area is 101 Å². The second-order valence-corrected chi connectivity index (χ2v) is 4.28. The minimum atomic E-state index is -0.534. The van der Waals surface area contributed by atoms with Crippen LogP contribution in [0.1, 0.15) is 20.8 Å². The second-order valence-electron chi connectivity index (χ2n) is 4.28. The Morgan fingerprint density at radius 2 is 2.00 bits per heavy atom. The molecule has 0 bridgehead atoms. The Morgan fingerprint density at radius 3 is 2.59 bits per heavy atom. The molecule has 0 heterocycles. The van der Waals surface area contributed by atoms with Crippen molar-refractivity contribution in [3.05, 3.63) is 29.8 Å². The summed E-state index contributed by atoms with van der Waals surface area (Å²) in [5, 5.41) is 3.14. The molecule has 0 aliphatic carbocycles. The smallest absolute Gasteiger partial charge is 0.165 e. The normalized spacial score (nSPS) is 12.8. The van der Waals surface area contributed by atoms with Crippen LogP contribution in [0.5, 0.6) is 5.75 Å². The predicted octanol–water partition coefficient (Wildman–Crippen LogP) is 2.98. The summed E-state index contributed by atoms with van der Waals surface area (Å²) >= 11 is 0. The van der Waals surface area contributed by atoms with Crippen LogP contribution in [-0.4, -0.2) is 19.2 Å². The van der Waals surface area contributed by atoms with E-state index in [4.69, 9.17) is 4.74 Å². The van der Waals surface area contributed by atoms with Gasteiger partial charge in [0.05, 0.1) is 0 Å². The largest absolute Gasteiger partial charge is 0.486 e. The minimum absolute atomic E-state index is 0.0263. The monoisotopic (exact) mass is 243 g/mol. The Hall–Kier alpha value is -1.16. The number of benzene rings is 1. The highest BCUT2D eigenvalue weighted by atomic mass is 19.1. The second kappa shape index (κ2) is 6.55. The molecule has 0 saturated heterocycles. The number of ether oxygens (including phenoxy) is 1. The van der Waals surface area contributed by atoms with E-state index in [0.717, 1.165) is 24.7 Å². The lowest BCUT2D eigenvalue weighted by atomic mass is 10.1. The van der Waals surface area contributed by atoms with Crippen molar-refractivity contribution in [2.24, 2.45) is 5.92 Å². The van der Waals surface area contributed by atoms with Crippen LogP contribution in [-0.2, 0) is 0 Å². The van der Waals surface area contributed by atoms with E-state index in [2.05, 4.69) is 5.32 Å². The Bertz CT molecular complexity index is 355. The highest BCUT2D eigenvalue weighted by Gasteiger charge is 2.17. The van der Waals surface area contributed by atoms with Gasteiger partial charge in [0.1, 0.15) is 11.9 Å². The van der Waals surface area contributed by atoms with Crippen molar-refractivity contribution in [1.29, 1.82) is 0 Å². The van der Waals surface area contributed by atoms with E-state index in [9.17, 15) is 8.78 Å². The molecule has 1 rings (SSSR count). The Morgan fingerprint density at radius 1 is 1.29 bits per heavy atom. The third-order valence-electron chi connectivity index (χ3n) is 2.51. The number of rotatable bonds is 6. The van der Waals surface area contributed by atoms with Crippen LogP contribution in [0.4, 0.5) is 8.78 Å². The average molecular weight is 243 g/mol. The SMILES string of the molecule is CCNCC(Oc1cc(F)ccc1F)C(C)C. The summed E-state index contributed by atoms with van der Waals surface area (Å²) in [6.45, 7) is 7.39. The summed E-state index contributed by atoms with van der Waals surface area (Å²) in [7, 11) is 0. The van der Waals surface area contributed by atoms with E-state index < -0.39 is 11.6 Å². The van der Waals surface area contributed by atoms with Gasteiger partial charge < -0.3 is 10.1 Å². The summed E-state index contributed by atoms with van der Waals surface area (Å²) in [5.41, 5.74) is 0. The fraction of sp³-hybridized carbons (Fsp3) is 0.538. The molecular weight excluding hydrogens is 224 g/mol. The third kappa shape index (κ3) is 4.30. The number of halogens is 2. The van der Waals surface area contributed by atoms with E-state index in [-0.39, 0.29) is 17.8 Å². The molecule has 17 heavy (non-hydrogen) atoms. The van der Waals surface area contributed by atoms with E-state index in [1.165, 1.54) is 0 Å². The first kappa shape index (κ1) is 13.9. The zero-order valence-corrected chi connectivity index (χ0v) is 10.5. The maximum atomic E-state index is 13.4. The van der Waals surface area contributed by atoms with E-state index >= 15 is 0 Å². The molecule has 1 unspecified atom stereocenters. The number of nitrogens with one attached hydrogen (secondary N) is 1. The number of likely N-dealkylation sites (N-methyl/N-ethyl adjacent to an activating group) is 1. The molecule has 0 aliphatic rings.